The summed E-state index contributed by atoms with van der Waals surface area (Å²) in [6, 6.07) is 14.0. The molecule has 0 aromatic heterocycles. The zero-order valence-corrected chi connectivity index (χ0v) is 17.9. The van der Waals surface area contributed by atoms with Crippen molar-refractivity contribution in [2.75, 3.05) is 16.5 Å². The quantitative estimate of drug-likeness (QED) is 0.534. The summed E-state index contributed by atoms with van der Waals surface area (Å²) in [4.78, 5) is 51.1. The van der Waals surface area contributed by atoms with Crippen LogP contribution in [0.5, 0.6) is 0 Å². The Hall–Kier alpha value is -3.81. The van der Waals surface area contributed by atoms with Crippen LogP contribution in [0.15, 0.2) is 53.6 Å². The Labute approximate surface area is 185 Å². The third-order valence-corrected chi connectivity index (χ3v) is 5.56. The lowest BCUT2D eigenvalue weighted by molar-refractivity contribution is -0.138. The fourth-order valence-electron chi connectivity index (χ4n) is 3.87. The molecule has 0 spiro atoms. The second-order valence-corrected chi connectivity index (χ2v) is 7.76. The first-order chi connectivity index (χ1) is 15.3. The number of rotatable bonds is 5. The minimum atomic E-state index is -1.02. The van der Waals surface area contributed by atoms with E-state index < -0.39 is 12.1 Å². The van der Waals surface area contributed by atoms with Gasteiger partial charge in [-0.3, -0.25) is 14.4 Å². The number of esters is 1. The molecule has 2 aromatic carbocycles. The third kappa shape index (κ3) is 4.16. The monoisotopic (exact) mass is 433 g/mol. The molecule has 2 amide bonds. The molecule has 32 heavy (non-hydrogen) atoms. The lowest BCUT2D eigenvalue weighted by atomic mass is 10.0. The fraction of sp³-hybridized carbons (Fsp3) is 0.292. The predicted molar refractivity (Wildman–Crippen MR) is 119 cm³/mol. The molecule has 0 bridgehead atoms. The van der Waals surface area contributed by atoms with Gasteiger partial charge in [0.15, 0.2) is 6.10 Å². The van der Waals surface area contributed by atoms with E-state index in [4.69, 9.17) is 4.74 Å². The van der Waals surface area contributed by atoms with E-state index in [1.165, 1.54) is 18.9 Å². The standard InChI is InChI=1S/C24H23N3O5/c1-15(23(30)18-8-10-21-17(14-18)12-13-26(21)16(2)28)32-24(31)20-9-11-22(29)27(25-20)19-6-4-3-5-7-19/h3-8,10,14-15H,9,11-13H2,1-2H3. The van der Waals surface area contributed by atoms with Gasteiger partial charge in [0.2, 0.25) is 17.6 Å². The molecule has 2 aliphatic rings. The second kappa shape index (κ2) is 8.74. The molecule has 1 atom stereocenters. The molecule has 0 saturated heterocycles. The number of nitrogens with zero attached hydrogens (tertiary/aromatic N) is 3. The second-order valence-electron chi connectivity index (χ2n) is 7.76. The maximum atomic E-state index is 12.9. The van der Waals surface area contributed by atoms with E-state index in [1.54, 1.807) is 47.4 Å². The van der Waals surface area contributed by atoms with Crippen LogP contribution in [0, 0.1) is 0 Å². The molecule has 164 valence electrons. The summed E-state index contributed by atoms with van der Waals surface area (Å²) in [7, 11) is 0. The number of anilines is 2. The summed E-state index contributed by atoms with van der Waals surface area (Å²) >= 11 is 0. The Kier molecular flexibility index (Phi) is 5.85. The average molecular weight is 433 g/mol. The van der Waals surface area contributed by atoms with Crippen molar-refractivity contribution in [3.63, 3.8) is 0 Å². The van der Waals surface area contributed by atoms with Crippen molar-refractivity contribution in [3.05, 3.63) is 59.7 Å². The van der Waals surface area contributed by atoms with Gasteiger partial charge < -0.3 is 9.64 Å². The normalized spacial score (nSPS) is 16.3. The molecule has 2 aliphatic heterocycles. The van der Waals surface area contributed by atoms with Gasteiger partial charge in [-0.25, -0.2) is 9.80 Å². The molecular weight excluding hydrogens is 410 g/mol. The number of carbonyl (C=O) groups is 4. The summed E-state index contributed by atoms with van der Waals surface area (Å²) in [5, 5.41) is 5.36. The molecule has 8 nitrogen and oxygen atoms in total. The average Bonchev–Trinajstić information content (AvgIpc) is 3.23. The highest BCUT2D eigenvalue weighted by Crippen LogP contribution is 2.29. The molecule has 1 unspecified atom stereocenters. The van der Waals surface area contributed by atoms with Crippen LogP contribution in [-0.2, 0) is 25.5 Å². The molecule has 0 N–H and O–H groups in total. The largest absolute Gasteiger partial charge is 0.450 e. The van der Waals surface area contributed by atoms with Gasteiger partial charge >= 0.3 is 5.97 Å². The Bertz CT molecular complexity index is 1130. The van der Waals surface area contributed by atoms with Crippen molar-refractivity contribution in [1.29, 1.82) is 0 Å². The zero-order chi connectivity index (χ0) is 22.8. The van der Waals surface area contributed by atoms with Gasteiger partial charge in [-0.15, -0.1) is 0 Å². The SMILES string of the molecule is CC(=O)N1CCc2cc(C(=O)C(C)OC(=O)C3=NN(c4ccccc4)C(=O)CC3)ccc21. The summed E-state index contributed by atoms with van der Waals surface area (Å²) in [6.45, 7) is 3.61. The highest BCUT2D eigenvalue weighted by atomic mass is 16.5. The number of hydrazone groups is 1. The van der Waals surface area contributed by atoms with Gasteiger partial charge in [-0.1, -0.05) is 18.2 Å². The smallest absolute Gasteiger partial charge is 0.355 e. The lowest BCUT2D eigenvalue weighted by Crippen LogP contribution is -2.36. The predicted octanol–water partition coefficient (Wildman–Crippen LogP) is 2.89. The lowest BCUT2D eigenvalue weighted by Gasteiger charge is -2.23. The van der Waals surface area contributed by atoms with Crippen LogP contribution in [0.4, 0.5) is 11.4 Å². The van der Waals surface area contributed by atoms with Crippen LogP contribution in [0.2, 0.25) is 0 Å². The van der Waals surface area contributed by atoms with Crippen LogP contribution in [0.25, 0.3) is 0 Å². The van der Waals surface area contributed by atoms with Crippen LogP contribution in [0.1, 0.15) is 42.6 Å². The van der Waals surface area contributed by atoms with Gasteiger partial charge in [0, 0.05) is 37.6 Å². The van der Waals surface area contributed by atoms with Crippen molar-refractivity contribution in [1.82, 2.24) is 0 Å². The topological polar surface area (TPSA) is 96.3 Å². The van der Waals surface area contributed by atoms with Gasteiger partial charge in [-0.05, 0) is 49.2 Å². The van der Waals surface area contributed by atoms with Crippen molar-refractivity contribution >= 4 is 40.7 Å². The minimum absolute atomic E-state index is 0.0404. The van der Waals surface area contributed by atoms with E-state index in [0.717, 1.165) is 11.3 Å². The number of para-hydroxylation sites is 1. The van der Waals surface area contributed by atoms with Crippen LogP contribution >= 0.6 is 0 Å². The highest BCUT2D eigenvalue weighted by molar-refractivity contribution is 6.38. The van der Waals surface area contributed by atoms with E-state index in [2.05, 4.69) is 5.10 Å². The molecule has 8 heteroatoms. The van der Waals surface area contributed by atoms with E-state index >= 15 is 0 Å². The minimum Gasteiger partial charge on any atom is -0.450 e. The Morgan fingerprint density at radius 3 is 2.50 bits per heavy atom. The van der Waals surface area contributed by atoms with Gasteiger partial charge in [0.1, 0.15) is 5.71 Å². The number of ether oxygens (including phenoxy) is 1. The molecule has 2 aromatic rings. The maximum absolute atomic E-state index is 12.9. The highest BCUT2D eigenvalue weighted by Gasteiger charge is 2.30. The molecule has 0 fully saturated rings. The van der Waals surface area contributed by atoms with Gasteiger partial charge in [-0.2, -0.15) is 5.10 Å². The number of Topliss-reactive ketones (excluding diaryl/α,β-unsaturated/α-hetero) is 1. The summed E-state index contributed by atoms with van der Waals surface area (Å²) in [5.74, 6) is -1.31. The van der Waals surface area contributed by atoms with E-state index in [-0.39, 0.29) is 36.2 Å². The molecule has 4 rings (SSSR count). The molecule has 0 saturated carbocycles. The first kappa shape index (κ1) is 21.4. The summed E-state index contributed by atoms with van der Waals surface area (Å²) < 4.78 is 5.38. The van der Waals surface area contributed by atoms with E-state index in [1.807, 2.05) is 6.07 Å². The molecule has 2 heterocycles. The van der Waals surface area contributed by atoms with Gasteiger partial charge in [0.05, 0.1) is 5.69 Å². The van der Waals surface area contributed by atoms with E-state index in [0.29, 0.717) is 24.2 Å². The zero-order valence-electron chi connectivity index (χ0n) is 17.9. The van der Waals surface area contributed by atoms with Crippen molar-refractivity contribution in [2.24, 2.45) is 5.10 Å². The Balaban J connectivity index is 1.46. The van der Waals surface area contributed by atoms with Crippen molar-refractivity contribution < 1.29 is 23.9 Å². The van der Waals surface area contributed by atoms with Crippen molar-refractivity contribution in [3.8, 4) is 0 Å². The molecule has 0 radical (unpaired) electrons. The number of amides is 2. The number of ketones is 1. The first-order valence-electron chi connectivity index (χ1n) is 10.5. The number of fused-ring (bicyclic) bond motifs is 1. The number of hydrogen-bond donors (Lipinski definition) is 0. The summed E-state index contributed by atoms with van der Waals surface area (Å²) in [5.41, 5.74) is 2.80. The number of benzene rings is 2. The fourth-order valence-corrected chi connectivity index (χ4v) is 3.87. The van der Waals surface area contributed by atoms with Crippen LogP contribution in [0.3, 0.4) is 0 Å². The number of hydrogen-bond acceptors (Lipinski definition) is 6. The number of carbonyl (C=O) groups excluding carboxylic acids is 4. The molecule has 0 aliphatic carbocycles. The van der Waals surface area contributed by atoms with Crippen LogP contribution in [-0.4, -0.2) is 41.9 Å². The van der Waals surface area contributed by atoms with E-state index in [9.17, 15) is 19.2 Å². The van der Waals surface area contributed by atoms with Crippen LogP contribution < -0.4 is 9.91 Å². The third-order valence-electron chi connectivity index (χ3n) is 5.56. The Morgan fingerprint density at radius 2 is 1.78 bits per heavy atom. The summed E-state index contributed by atoms with van der Waals surface area (Å²) in [6.07, 6.45) is -0.0643. The maximum Gasteiger partial charge on any atom is 0.355 e. The first-order valence-corrected chi connectivity index (χ1v) is 10.5. The van der Waals surface area contributed by atoms with Gasteiger partial charge in [0.25, 0.3) is 0 Å². The molecular formula is C24H23N3O5. The van der Waals surface area contributed by atoms with Crippen molar-refractivity contribution in [2.45, 2.75) is 39.2 Å². The Morgan fingerprint density at radius 1 is 1.03 bits per heavy atom.